The lowest BCUT2D eigenvalue weighted by atomic mass is 10.2. The summed E-state index contributed by atoms with van der Waals surface area (Å²) in [6.07, 6.45) is 0.433. The number of hydrogen-bond acceptors (Lipinski definition) is 4. The predicted molar refractivity (Wildman–Crippen MR) is 92.9 cm³/mol. The van der Waals surface area contributed by atoms with E-state index in [9.17, 15) is 13.2 Å². The van der Waals surface area contributed by atoms with Gasteiger partial charge in [-0.05, 0) is 30.2 Å². The van der Waals surface area contributed by atoms with Gasteiger partial charge in [-0.25, -0.2) is 8.42 Å². The minimum Gasteiger partial charge on any atom is -0.482 e. The zero-order chi connectivity index (χ0) is 17.2. The summed E-state index contributed by atoms with van der Waals surface area (Å²) in [4.78, 5) is 13.1. The second-order valence-electron chi connectivity index (χ2n) is 5.58. The summed E-state index contributed by atoms with van der Waals surface area (Å²) in [6.45, 7) is -0.00828. The van der Waals surface area contributed by atoms with Crippen LogP contribution in [-0.2, 0) is 21.2 Å². The molecule has 0 aliphatic carbocycles. The Hall–Kier alpha value is -2.54. The van der Waals surface area contributed by atoms with E-state index in [2.05, 4.69) is 4.72 Å². The third-order valence-corrected chi connectivity index (χ3v) is 5.11. The van der Waals surface area contributed by atoms with Crippen LogP contribution < -0.4 is 14.4 Å². The average molecular weight is 346 g/mol. The fraction of sp³-hybridized carbons (Fsp3) is 0.235. The molecule has 0 aromatic heterocycles. The largest absolute Gasteiger partial charge is 0.482 e. The molecule has 0 fully saturated rings. The van der Waals surface area contributed by atoms with Crippen LogP contribution in [-0.4, -0.2) is 33.7 Å². The van der Waals surface area contributed by atoms with Crippen molar-refractivity contribution in [2.75, 3.05) is 29.0 Å². The van der Waals surface area contributed by atoms with E-state index in [1.165, 1.54) is 4.90 Å². The van der Waals surface area contributed by atoms with Crippen molar-refractivity contribution in [1.82, 2.24) is 0 Å². The number of benzene rings is 2. The highest BCUT2D eigenvalue weighted by Crippen LogP contribution is 2.33. The van der Waals surface area contributed by atoms with E-state index in [4.69, 9.17) is 4.74 Å². The maximum atomic E-state index is 12.3. The summed E-state index contributed by atoms with van der Waals surface area (Å²) in [7, 11) is -1.85. The molecule has 1 aliphatic heterocycles. The lowest BCUT2D eigenvalue weighted by molar-refractivity contribution is -0.120. The second kappa shape index (κ2) is 6.52. The standard InChI is InChI=1S/C17H18N2O4S/c1-19-15-11-14(7-8-16(15)23-12-17(19)20)18-24(21,22)10-9-13-5-3-2-4-6-13/h2-8,11,18H,9-10,12H2,1H3. The number of likely N-dealkylation sites (N-methyl/N-ethyl adjacent to an activating group) is 1. The number of ether oxygens (including phenoxy) is 1. The second-order valence-corrected chi connectivity index (χ2v) is 7.42. The van der Waals surface area contributed by atoms with Crippen molar-refractivity contribution < 1.29 is 17.9 Å². The van der Waals surface area contributed by atoms with E-state index in [0.29, 0.717) is 23.5 Å². The van der Waals surface area contributed by atoms with E-state index >= 15 is 0 Å². The summed E-state index contributed by atoms with van der Waals surface area (Å²) in [5.41, 5.74) is 1.92. The first-order valence-electron chi connectivity index (χ1n) is 7.52. The van der Waals surface area contributed by atoms with Crippen LogP contribution in [0.2, 0.25) is 0 Å². The zero-order valence-corrected chi connectivity index (χ0v) is 14.0. The quantitative estimate of drug-likeness (QED) is 0.899. The Morgan fingerprint density at radius 2 is 1.92 bits per heavy atom. The van der Waals surface area contributed by atoms with Gasteiger partial charge in [0.1, 0.15) is 5.75 Å². The number of fused-ring (bicyclic) bond motifs is 1. The van der Waals surface area contributed by atoms with Crippen LogP contribution in [0.3, 0.4) is 0 Å². The minimum absolute atomic E-state index is 0.00828. The predicted octanol–water partition coefficient (Wildman–Crippen LogP) is 2.03. The Morgan fingerprint density at radius 1 is 1.17 bits per heavy atom. The van der Waals surface area contributed by atoms with Crippen LogP contribution in [0.15, 0.2) is 48.5 Å². The zero-order valence-electron chi connectivity index (χ0n) is 13.2. The Morgan fingerprint density at radius 3 is 2.67 bits per heavy atom. The molecular weight excluding hydrogens is 328 g/mol. The van der Waals surface area contributed by atoms with Crippen LogP contribution in [0, 0.1) is 0 Å². The normalized spacial score (nSPS) is 14.0. The molecule has 0 atom stereocenters. The number of sulfonamides is 1. The van der Waals surface area contributed by atoms with Crippen LogP contribution in [0.4, 0.5) is 11.4 Å². The number of carbonyl (C=O) groups excluding carboxylic acids is 1. The Kier molecular flexibility index (Phi) is 4.44. The molecule has 0 saturated heterocycles. The first-order chi connectivity index (χ1) is 11.4. The monoisotopic (exact) mass is 346 g/mol. The number of nitrogens with one attached hydrogen (secondary N) is 1. The fourth-order valence-electron chi connectivity index (χ4n) is 2.46. The molecule has 0 radical (unpaired) electrons. The minimum atomic E-state index is -3.48. The molecule has 7 heteroatoms. The summed E-state index contributed by atoms with van der Waals surface area (Å²) in [5.74, 6) is 0.371. The highest BCUT2D eigenvalue weighted by Gasteiger charge is 2.23. The van der Waals surface area contributed by atoms with E-state index in [1.807, 2.05) is 30.3 Å². The molecule has 0 unspecified atom stereocenters. The topological polar surface area (TPSA) is 75.7 Å². The molecule has 2 aromatic carbocycles. The van der Waals surface area contributed by atoms with Crippen molar-refractivity contribution >= 4 is 27.3 Å². The molecule has 126 valence electrons. The van der Waals surface area contributed by atoms with Gasteiger partial charge in [0, 0.05) is 7.05 Å². The number of anilines is 2. The highest BCUT2D eigenvalue weighted by molar-refractivity contribution is 7.92. The Balaban J connectivity index is 1.72. The molecule has 6 nitrogen and oxygen atoms in total. The first-order valence-corrected chi connectivity index (χ1v) is 9.18. The maximum absolute atomic E-state index is 12.3. The summed E-state index contributed by atoms with van der Waals surface area (Å²) in [6, 6.07) is 14.3. The van der Waals surface area contributed by atoms with Gasteiger partial charge in [0.05, 0.1) is 17.1 Å². The number of carbonyl (C=O) groups is 1. The average Bonchev–Trinajstić information content (AvgIpc) is 2.58. The van der Waals surface area contributed by atoms with Crippen LogP contribution >= 0.6 is 0 Å². The van der Waals surface area contributed by atoms with Gasteiger partial charge in [0.15, 0.2) is 6.61 Å². The molecule has 0 bridgehead atoms. The molecular formula is C17H18N2O4S. The lowest BCUT2D eigenvalue weighted by Crippen LogP contribution is -2.35. The van der Waals surface area contributed by atoms with E-state index in [0.717, 1.165) is 5.56 Å². The molecule has 1 amide bonds. The molecule has 1 aliphatic rings. The molecule has 3 rings (SSSR count). The molecule has 2 aromatic rings. The summed E-state index contributed by atoms with van der Waals surface area (Å²) in [5, 5.41) is 0. The van der Waals surface area contributed by atoms with Crippen LogP contribution in [0.1, 0.15) is 5.56 Å². The van der Waals surface area contributed by atoms with Crippen molar-refractivity contribution in [1.29, 1.82) is 0 Å². The number of amides is 1. The van der Waals surface area contributed by atoms with Crippen molar-refractivity contribution in [2.45, 2.75) is 6.42 Å². The smallest absolute Gasteiger partial charge is 0.264 e. The van der Waals surface area contributed by atoms with Gasteiger partial charge in [-0.1, -0.05) is 30.3 Å². The summed E-state index contributed by atoms with van der Waals surface area (Å²) >= 11 is 0. The lowest BCUT2D eigenvalue weighted by Gasteiger charge is -2.26. The van der Waals surface area contributed by atoms with Gasteiger partial charge in [0.25, 0.3) is 5.91 Å². The van der Waals surface area contributed by atoms with E-state index in [1.54, 1.807) is 25.2 Å². The van der Waals surface area contributed by atoms with E-state index in [-0.39, 0.29) is 18.3 Å². The molecule has 1 N–H and O–H groups in total. The summed E-state index contributed by atoms with van der Waals surface area (Å²) < 4.78 is 32.4. The highest BCUT2D eigenvalue weighted by atomic mass is 32.2. The van der Waals surface area contributed by atoms with Crippen molar-refractivity contribution in [3.05, 3.63) is 54.1 Å². The third kappa shape index (κ3) is 3.68. The van der Waals surface area contributed by atoms with Gasteiger partial charge in [-0.2, -0.15) is 0 Å². The van der Waals surface area contributed by atoms with Crippen LogP contribution in [0.25, 0.3) is 0 Å². The number of aryl methyl sites for hydroxylation is 1. The molecule has 24 heavy (non-hydrogen) atoms. The van der Waals surface area contributed by atoms with Gasteiger partial charge in [0.2, 0.25) is 10.0 Å². The molecule has 0 spiro atoms. The number of nitrogens with zero attached hydrogens (tertiary/aromatic N) is 1. The van der Waals surface area contributed by atoms with Crippen LogP contribution in [0.5, 0.6) is 5.75 Å². The van der Waals surface area contributed by atoms with Gasteiger partial charge in [-0.3, -0.25) is 9.52 Å². The Labute approximate surface area is 141 Å². The third-order valence-electron chi connectivity index (χ3n) is 3.82. The fourth-order valence-corrected chi connectivity index (χ4v) is 3.56. The number of rotatable bonds is 5. The molecule has 0 saturated carbocycles. The maximum Gasteiger partial charge on any atom is 0.264 e. The first kappa shape index (κ1) is 16.3. The van der Waals surface area contributed by atoms with Gasteiger partial charge >= 0.3 is 0 Å². The number of hydrogen-bond donors (Lipinski definition) is 1. The van der Waals surface area contributed by atoms with Crippen molar-refractivity contribution in [3.63, 3.8) is 0 Å². The van der Waals surface area contributed by atoms with Gasteiger partial charge < -0.3 is 9.64 Å². The van der Waals surface area contributed by atoms with E-state index < -0.39 is 10.0 Å². The molecule has 1 heterocycles. The van der Waals surface area contributed by atoms with Crippen molar-refractivity contribution in [2.24, 2.45) is 0 Å². The van der Waals surface area contributed by atoms with Crippen molar-refractivity contribution in [3.8, 4) is 5.75 Å². The van der Waals surface area contributed by atoms with Gasteiger partial charge in [-0.15, -0.1) is 0 Å². The SMILES string of the molecule is CN1C(=O)COc2ccc(NS(=O)(=O)CCc3ccccc3)cc21. The Bertz CT molecular complexity index is 850.